The second-order valence-electron chi connectivity index (χ2n) is 5.17. The van der Waals surface area contributed by atoms with Crippen LogP contribution in [0.15, 0.2) is 12.1 Å². The first-order chi connectivity index (χ1) is 9.91. The van der Waals surface area contributed by atoms with E-state index in [9.17, 15) is 14.9 Å². The second kappa shape index (κ2) is 6.06. The third kappa shape index (κ3) is 3.11. The summed E-state index contributed by atoms with van der Waals surface area (Å²) in [6.45, 7) is 3.29. The Morgan fingerprint density at radius 2 is 1.90 bits per heavy atom. The van der Waals surface area contributed by atoms with E-state index in [4.69, 9.17) is 11.7 Å². The van der Waals surface area contributed by atoms with E-state index < -0.39 is 10.8 Å². The standard InChI is InChI=1S/C13H19N5O3/c1-9-7-11(16-5-3-2-4-6-16)12(18(20)21)8-10(9)13(19)17(14)15/h7-8H,2-6,14-15H2,1H3. The maximum atomic E-state index is 11.9. The van der Waals surface area contributed by atoms with Gasteiger partial charge in [0.1, 0.15) is 5.69 Å². The molecule has 1 aliphatic rings. The quantitative estimate of drug-likeness (QED) is 0.372. The predicted octanol–water partition coefficient (Wildman–Crippen LogP) is 1.08. The van der Waals surface area contributed by atoms with Crippen LogP contribution in [0.2, 0.25) is 0 Å². The Kier molecular flexibility index (Phi) is 4.39. The Morgan fingerprint density at radius 3 is 2.43 bits per heavy atom. The number of hydrazine groups is 2. The molecular formula is C13H19N5O3. The van der Waals surface area contributed by atoms with Crippen molar-refractivity contribution in [2.45, 2.75) is 26.2 Å². The number of rotatable bonds is 3. The first-order valence-electron chi connectivity index (χ1n) is 6.79. The zero-order valence-electron chi connectivity index (χ0n) is 11.9. The van der Waals surface area contributed by atoms with Gasteiger partial charge in [-0.15, -0.1) is 0 Å². The number of aryl methyl sites for hydroxylation is 1. The maximum Gasteiger partial charge on any atom is 0.293 e. The molecule has 1 amide bonds. The van der Waals surface area contributed by atoms with Crippen molar-refractivity contribution in [3.63, 3.8) is 0 Å². The van der Waals surface area contributed by atoms with Gasteiger partial charge in [-0.3, -0.25) is 14.9 Å². The summed E-state index contributed by atoms with van der Waals surface area (Å²) in [5.74, 6) is 9.80. The lowest BCUT2D eigenvalue weighted by molar-refractivity contribution is -0.384. The molecule has 0 unspecified atom stereocenters. The Balaban J connectivity index is 2.48. The summed E-state index contributed by atoms with van der Waals surface area (Å²) in [6.07, 6.45) is 3.15. The summed E-state index contributed by atoms with van der Waals surface area (Å²) in [6, 6.07) is 2.93. The van der Waals surface area contributed by atoms with Gasteiger partial charge in [0.15, 0.2) is 0 Å². The zero-order valence-corrected chi connectivity index (χ0v) is 11.9. The Hall–Kier alpha value is -2.19. The molecule has 21 heavy (non-hydrogen) atoms. The number of nitrogens with two attached hydrogens (primary N) is 2. The van der Waals surface area contributed by atoms with Gasteiger partial charge in [-0.25, -0.2) is 16.8 Å². The van der Waals surface area contributed by atoms with Crippen molar-refractivity contribution in [2.24, 2.45) is 11.7 Å². The predicted molar refractivity (Wildman–Crippen MR) is 78.4 cm³/mol. The first-order valence-corrected chi connectivity index (χ1v) is 6.79. The van der Waals surface area contributed by atoms with Gasteiger partial charge in [0.25, 0.3) is 11.6 Å². The van der Waals surface area contributed by atoms with Crippen molar-refractivity contribution < 1.29 is 9.72 Å². The van der Waals surface area contributed by atoms with E-state index in [-0.39, 0.29) is 11.3 Å². The van der Waals surface area contributed by atoms with Crippen LogP contribution in [-0.2, 0) is 0 Å². The van der Waals surface area contributed by atoms with Gasteiger partial charge in [-0.2, -0.15) is 0 Å². The van der Waals surface area contributed by atoms with Crippen molar-refractivity contribution in [3.8, 4) is 0 Å². The summed E-state index contributed by atoms with van der Waals surface area (Å²) in [5, 5.41) is 11.7. The van der Waals surface area contributed by atoms with Crippen molar-refractivity contribution in [1.82, 2.24) is 5.12 Å². The molecule has 8 heteroatoms. The summed E-state index contributed by atoms with van der Waals surface area (Å²) in [7, 11) is 0. The van der Waals surface area contributed by atoms with E-state index in [2.05, 4.69) is 0 Å². The smallest absolute Gasteiger partial charge is 0.293 e. The molecule has 1 fully saturated rings. The Labute approximate surface area is 122 Å². The summed E-state index contributed by atoms with van der Waals surface area (Å²) >= 11 is 0. The number of anilines is 1. The lowest BCUT2D eigenvalue weighted by atomic mass is 10.0. The third-order valence-corrected chi connectivity index (χ3v) is 3.68. The van der Waals surface area contributed by atoms with Crippen LogP contribution in [0.3, 0.4) is 0 Å². The monoisotopic (exact) mass is 293 g/mol. The van der Waals surface area contributed by atoms with Crippen LogP contribution in [0, 0.1) is 17.0 Å². The minimum Gasteiger partial charge on any atom is -0.366 e. The molecule has 0 radical (unpaired) electrons. The number of benzene rings is 1. The molecule has 1 aromatic carbocycles. The maximum absolute atomic E-state index is 11.9. The van der Waals surface area contributed by atoms with Crippen LogP contribution in [0.25, 0.3) is 0 Å². The number of carbonyl (C=O) groups is 1. The Morgan fingerprint density at radius 1 is 1.29 bits per heavy atom. The fraction of sp³-hybridized carbons (Fsp3) is 0.462. The largest absolute Gasteiger partial charge is 0.366 e. The minimum absolute atomic E-state index is 0.0901. The summed E-state index contributed by atoms with van der Waals surface area (Å²) in [5.41, 5.74) is 1.22. The molecule has 1 heterocycles. The van der Waals surface area contributed by atoms with E-state index in [0.717, 1.165) is 32.4 Å². The molecule has 0 atom stereocenters. The van der Waals surface area contributed by atoms with Crippen LogP contribution in [-0.4, -0.2) is 29.0 Å². The minimum atomic E-state index is -0.652. The number of amides is 1. The van der Waals surface area contributed by atoms with Gasteiger partial charge in [0.2, 0.25) is 0 Å². The third-order valence-electron chi connectivity index (χ3n) is 3.68. The van der Waals surface area contributed by atoms with Crippen molar-refractivity contribution in [3.05, 3.63) is 33.4 Å². The molecule has 1 saturated heterocycles. The van der Waals surface area contributed by atoms with E-state index >= 15 is 0 Å². The van der Waals surface area contributed by atoms with Crippen molar-refractivity contribution >= 4 is 17.3 Å². The highest BCUT2D eigenvalue weighted by Crippen LogP contribution is 2.33. The number of hydrogen-bond donors (Lipinski definition) is 2. The van der Waals surface area contributed by atoms with E-state index in [1.807, 2.05) is 4.90 Å². The Bertz CT molecular complexity index is 567. The molecule has 0 aliphatic carbocycles. The summed E-state index contributed by atoms with van der Waals surface area (Å²) in [4.78, 5) is 24.7. The molecule has 4 N–H and O–H groups in total. The first kappa shape index (κ1) is 15.2. The fourth-order valence-electron chi connectivity index (χ4n) is 2.59. The molecule has 2 rings (SSSR count). The van der Waals surface area contributed by atoms with Crippen molar-refractivity contribution in [1.29, 1.82) is 0 Å². The molecule has 1 aromatic rings. The van der Waals surface area contributed by atoms with E-state index in [1.165, 1.54) is 6.07 Å². The van der Waals surface area contributed by atoms with Gasteiger partial charge in [0.05, 0.1) is 10.5 Å². The lowest BCUT2D eigenvalue weighted by Gasteiger charge is -2.29. The number of piperidine rings is 1. The van der Waals surface area contributed by atoms with E-state index in [1.54, 1.807) is 13.0 Å². The van der Waals surface area contributed by atoms with Crippen LogP contribution in [0.5, 0.6) is 0 Å². The molecule has 0 spiro atoms. The molecular weight excluding hydrogens is 274 g/mol. The molecule has 0 aromatic heterocycles. The van der Waals surface area contributed by atoms with Gasteiger partial charge in [-0.05, 0) is 37.8 Å². The zero-order chi connectivity index (χ0) is 15.6. The molecule has 1 aliphatic heterocycles. The lowest BCUT2D eigenvalue weighted by Crippen LogP contribution is -2.43. The molecule has 0 saturated carbocycles. The van der Waals surface area contributed by atoms with Crippen LogP contribution >= 0.6 is 0 Å². The second-order valence-corrected chi connectivity index (χ2v) is 5.17. The molecule has 0 bridgehead atoms. The van der Waals surface area contributed by atoms with Gasteiger partial charge in [-0.1, -0.05) is 0 Å². The van der Waals surface area contributed by atoms with E-state index in [0.29, 0.717) is 16.4 Å². The number of hydrogen-bond acceptors (Lipinski definition) is 6. The molecule has 114 valence electrons. The topological polar surface area (TPSA) is 119 Å². The molecule has 8 nitrogen and oxygen atoms in total. The highest BCUT2D eigenvalue weighted by molar-refractivity contribution is 5.96. The van der Waals surface area contributed by atoms with Crippen LogP contribution in [0.4, 0.5) is 11.4 Å². The SMILES string of the molecule is Cc1cc(N2CCCCC2)c([N+](=O)[O-])cc1C(=O)N(N)N. The van der Waals surface area contributed by atoms with Gasteiger partial charge < -0.3 is 4.90 Å². The number of nitrogens with zero attached hydrogens (tertiary/aromatic N) is 3. The van der Waals surface area contributed by atoms with Gasteiger partial charge in [0, 0.05) is 19.2 Å². The average Bonchev–Trinajstić information content (AvgIpc) is 2.46. The van der Waals surface area contributed by atoms with Crippen LogP contribution < -0.4 is 16.6 Å². The fourth-order valence-corrected chi connectivity index (χ4v) is 2.59. The highest BCUT2D eigenvalue weighted by atomic mass is 16.6. The highest BCUT2D eigenvalue weighted by Gasteiger charge is 2.25. The average molecular weight is 293 g/mol. The van der Waals surface area contributed by atoms with Gasteiger partial charge >= 0.3 is 0 Å². The number of nitro benzene ring substituents is 1. The number of carbonyl (C=O) groups excluding carboxylic acids is 1. The van der Waals surface area contributed by atoms with Crippen molar-refractivity contribution in [2.75, 3.05) is 18.0 Å². The number of nitro groups is 1. The normalized spacial score (nSPS) is 14.9. The van der Waals surface area contributed by atoms with Crippen LogP contribution in [0.1, 0.15) is 35.2 Å². The summed E-state index contributed by atoms with van der Waals surface area (Å²) < 4.78 is 0.